The molecule has 5 nitrogen and oxygen atoms in total. The average molecular weight is 233 g/mol. The van der Waals surface area contributed by atoms with Crippen LogP contribution in [-0.2, 0) is 9.59 Å². The third kappa shape index (κ3) is 4.06. The fourth-order valence-corrected chi connectivity index (χ4v) is 1.19. The molecule has 0 unspecified atom stereocenters. The Morgan fingerprint density at radius 2 is 1.88 bits per heavy atom. The van der Waals surface area contributed by atoms with E-state index in [0.29, 0.717) is 5.92 Å². The molecule has 0 radical (unpaired) electrons. The quantitative estimate of drug-likeness (QED) is 0.458. The molecule has 5 heteroatoms. The van der Waals surface area contributed by atoms with Gasteiger partial charge in [-0.25, -0.2) is 5.43 Å². The molecule has 0 aliphatic carbocycles. The smallest absolute Gasteiger partial charge is 0.329 e. The first-order valence-electron chi connectivity index (χ1n) is 5.23. The summed E-state index contributed by atoms with van der Waals surface area (Å²) in [5, 5.41) is 3.61. The summed E-state index contributed by atoms with van der Waals surface area (Å²) in [6, 6.07) is 7.74. The van der Waals surface area contributed by atoms with Gasteiger partial charge in [-0.3, -0.25) is 9.59 Å². The first-order chi connectivity index (χ1) is 8.00. The van der Waals surface area contributed by atoms with Crippen molar-refractivity contribution in [2.45, 2.75) is 19.8 Å². The molecule has 1 aromatic carbocycles. The van der Waals surface area contributed by atoms with Crippen LogP contribution in [0.5, 0.6) is 0 Å². The van der Waals surface area contributed by atoms with Gasteiger partial charge in [-0.2, -0.15) is 5.10 Å². The zero-order valence-electron chi connectivity index (χ0n) is 9.81. The maximum absolute atomic E-state index is 10.8. The van der Waals surface area contributed by atoms with E-state index in [0.717, 1.165) is 5.56 Å². The van der Waals surface area contributed by atoms with E-state index < -0.39 is 11.8 Å². The Bertz CT molecular complexity index is 436. The summed E-state index contributed by atoms with van der Waals surface area (Å²) >= 11 is 0. The molecule has 0 spiro atoms. The molecular formula is C12H15N3O2. The van der Waals surface area contributed by atoms with Gasteiger partial charge >= 0.3 is 11.8 Å². The Hall–Kier alpha value is -2.17. The van der Waals surface area contributed by atoms with Gasteiger partial charge in [-0.05, 0) is 17.0 Å². The van der Waals surface area contributed by atoms with E-state index >= 15 is 0 Å². The lowest BCUT2D eigenvalue weighted by molar-refractivity contribution is -0.137. The number of hydrogen-bond acceptors (Lipinski definition) is 3. The van der Waals surface area contributed by atoms with E-state index in [9.17, 15) is 9.59 Å². The summed E-state index contributed by atoms with van der Waals surface area (Å²) in [6.45, 7) is 4.21. The SMILES string of the molecule is CC(C)c1ccc(C=NNC(=O)C(N)=O)cc1. The van der Waals surface area contributed by atoms with Crippen LogP contribution in [0.2, 0.25) is 0 Å². The molecular weight excluding hydrogens is 218 g/mol. The Labute approximate surface area is 99.7 Å². The molecule has 0 saturated carbocycles. The Morgan fingerprint density at radius 3 is 2.35 bits per heavy atom. The van der Waals surface area contributed by atoms with Crippen molar-refractivity contribution in [3.8, 4) is 0 Å². The third-order valence-corrected chi connectivity index (χ3v) is 2.21. The minimum absolute atomic E-state index is 0.468. The lowest BCUT2D eigenvalue weighted by Crippen LogP contribution is -2.32. The van der Waals surface area contributed by atoms with E-state index in [1.54, 1.807) is 0 Å². The molecule has 17 heavy (non-hydrogen) atoms. The topological polar surface area (TPSA) is 84.6 Å². The number of carbonyl (C=O) groups is 2. The zero-order valence-corrected chi connectivity index (χ0v) is 9.81. The molecule has 0 aliphatic rings. The lowest BCUT2D eigenvalue weighted by atomic mass is 10.0. The van der Waals surface area contributed by atoms with Crippen LogP contribution < -0.4 is 11.2 Å². The van der Waals surface area contributed by atoms with Crippen LogP contribution in [0.4, 0.5) is 0 Å². The Balaban J connectivity index is 2.60. The molecule has 1 rings (SSSR count). The monoisotopic (exact) mass is 233 g/mol. The van der Waals surface area contributed by atoms with Gasteiger partial charge in [0.2, 0.25) is 0 Å². The molecule has 0 atom stereocenters. The zero-order chi connectivity index (χ0) is 12.8. The van der Waals surface area contributed by atoms with Crippen molar-refractivity contribution in [2.75, 3.05) is 0 Å². The van der Waals surface area contributed by atoms with Gasteiger partial charge in [0.05, 0.1) is 6.21 Å². The molecule has 0 saturated heterocycles. The first-order valence-corrected chi connectivity index (χ1v) is 5.23. The average Bonchev–Trinajstić information content (AvgIpc) is 2.29. The maximum atomic E-state index is 10.8. The molecule has 0 heterocycles. The largest absolute Gasteiger partial charge is 0.361 e. The van der Waals surface area contributed by atoms with Crippen LogP contribution in [0.1, 0.15) is 30.9 Å². The predicted octanol–water partition coefficient (Wildman–Crippen LogP) is 0.745. The number of hydrazone groups is 1. The lowest BCUT2D eigenvalue weighted by Gasteiger charge is -2.04. The molecule has 3 N–H and O–H groups in total. The molecule has 1 aromatic rings. The van der Waals surface area contributed by atoms with Gasteiger partial charge in [0.15, 0.2) is 0 Å². The summed E-state index contributed by atoms with van der Waals surface area (Å²) < 4.78 is 0. The van der Waals surface area contributed by atoms with Crippen molar-refractivity contribution < 1.29 is 9.59 Å². The van der Waals surface area contributed by atoms with Crippen LogP contribution in [-0.4, -0.2) is 18.0 Å². The van der Waals surface area contributed by atoms with Crippen molar-refractivity contribution >= 4 is 18.0 Å². The van der Waals surface area contributed by atoms with Gasteiger partial charge in [-0.1, -0.05) is 38.1 Å². The number of nitrogens with zero attached hydrogens (tertiary/aromatic N) is 1. The standard InChI is InChI=1S/C12H15N3O2/c1-8(2)10-5-3-9(4-6-10)7-14-15-12(17)11(13)16/h3-8H,1-2H3,(H2,13,16)(H,15,17). The highest BCUT2D eigenvalue weighted by molar-refractivity contribution is 6.34. The van der Waals surface area contributed by atoms with E-state index in [1.165, 1.54) is 11.8 Å². The van der Waals surface area contributed by atoms with Crippen molar-refractivity contribution in [3.63, 3.8) is 0 Å². The summed E-state index contributed by atoms with van der Waals surface area (Å²) in [6.07, 6.45) is 1.45. The van der Waals surface area contributed by atoms with E-state index in [1.807, 2.05) is 29.7 Å². The van der Waals surface area contributed by atoms with Gasteiger partial charge in [0.1, 0.15) is 0 Å². The number of nitrogens with two attached hydrogens (primary N) is 1. The van der Waals surface area contributed by atoms with E-state index in [4.69, 9.17) is 5.73 Å². The fourth-order valence-electron chi connectivity index (χ4n) is 1.19. The highest BCUT2D eigenvalue weighted by Gasteiger charge is 2.05. The number of nitrogens with one attached hydrogen (secondary N) is 1. The molecule has 90 valence electrons. The minimum Gasteiger partial charge on any atom is -0.361 e. The third-order valence-electron chi connectivity index (χ3n) is 2.21. The Kier molecular flexibility index (Phi) is 4.39. The summed E-state index contributed by atoms with van der Waals surface area (Å²) in [5.74, 6) is -1.52. The second-order valence-electron chi connectivity index (χ2n) is 3.88. The normalized spacial score (nSPS) is 10.8. The number of rotatable bonds is 3. The molecule has 0 aromatic heterocycles. The van der Waals surface area contributed by atoms with E-state index in [2.05, 4.69) is 18.9 Å². The van der Waals surface area contributed by atoms with Crippen LogP contribution in [0.15, 0.2) is 29.4 Å². The van der Waals surface area contributed by atoms with Crippen molar-refractivity contribution in [1.29, 1.82) is 0 Å². The van der Waals surface area contributed by atoms with Crippen LogP contribution in [0, 0.1) is 0 Å². The highest BCUT2D eigenvalue weighted by Crippen LogP contribution is 2.13. The van der Waals surface area contributed by atoms with Crippen molar-refractivity contribution in [2.24, 2.45) is 10.8 Å². The number of amides is 2. The first kappa shape index (κ1) is 12.9. The van der Waals surface area contributed by atoms with Gasteiger partial charge in [0, 0.05) is 0 Å². The summed E-state index contributed by atoms with van der Waals surface area (Å²) in [4.78, 5) is 21.2. The predicted molar refractivity (Wildman–Crippen MR) is 65.5 cm³/mol. The summed E-state index contributed by atoms with van der Waals surface area (Å²) in [5.41, 5.74) is 8.83. The fraction of sp³-hybridized carbons (Fsp3) is 0.250. The van der Waals surface area contributed by atoms with Crippen LogP contribution in [0.3, 0.4) is 0 Å². The van der Waals surface area contributed by atoms with Gasteiger partial charge < -0.3 is 5.73 Å². The van der Waals surface area contributed by atoms with Crippen LogP contribution >= 0.6 is 0 Å². The van der Waals surface area contributed by atoms with Crippen LogP contribution in [0.25, 0.3) is 0 Å². The van der Waals surface area contributed by atoms with Gasteiger partial charge in [-0.15, -0.1) is 0 Å². The Morgan fingerprint density at radius 1 is 1.29 bits per heavy atom. The van der Waals surface area contributed by atoms with Crippen molar-refractivity contribution in [1.82, 2.24) is 5.43 Å². The number of hydrogen-bond donors (Lipinski definition) is 2. The second-order valence-corrected chi connectivity index (χ2v) is 3.88. The van der Waals surface area contributed by atoms with Crippen molar-refractivity contribution in [3.05, 3.63) is 35.4 Å². The number of carbonyl (C=O) groups excluding carboxylic acids is 2. The maximum Gasteiger partial charge on any atom is 0.329 e. The van der Waals surface area contributed by atoms with Gasteiger partial charge in [0.25, 0.3) is 0 Å². The molecule has 0 fully saturated rings. The second kappa shape index (κ2) is 5.79. The summed E-state index contributed by atoms with van der Waals surface area (Å²) in [7, 11) is 0. The number of benzene rings is 1. The molecule has 2 amide bonds. The highest BCUT2D eigenvalue weighted by atomic mass is 16.2. The minimum atomic E-state index is -1.06. The number of primary amides is 1. The molecule has 0 bridgehead atoms. The van der Waals surface area contributed by atoms with E-state index in [-0.39, 0.29) is 0 Å². The molecule has 0 aliphatic heterocycles.